The number of benzene rings is 2. The van der Waals surface area contributed by atoms with E-state index in [-0.39, 0.29) is 10.8 Å². The Labute approximate surface area is 154 Å². The van der Waals surface area contributed by atoms with E-state index in [2.05, 4.69) is 16.1 Å². The molecule has 0 bridgehead atoms. The summed E-state index contributed by atoms with van der Waals surface area (Å²) in [6.45, 7) is 5.34. The van der Waals surface area contributed by atoms with Crippen molar-refractivity contribution in [1.29, 1.82) is 0 Å². The number of amides is 1. The molecule has 2 aromatic rings. The summed E-state index contributed by atoms with van der Waals surface area (Å²) >= 11 is 0. The summed E-state index contributed by atoms with van der Waals surface area (Å²) in [5, 5.41) is 2.88. The molecule has 3 rings (SSSR count). The van der Waals surface area contributed by atoms with Crippen LogP contribution in [-0.4, -0.2) is 19.9 Å². The Kier molecular flexibility index (Phi) is 4.90. The predicted molar refractivity (Wildman–Crippen MR) is 103 cm³/mol. The van der Waals surface area contributed by atoms with E-state index in [1.54, 1.807) is 20.8 Å². The van der Waals surface area contributed by atoms with Crippen molar-refractivity contribution in [3.8, 4) is 0 Å². The normalized spacial score (nSPS) is 14.1. The Morgan fingerprint density at radius 3 is 2.27 bits per heavy atom. The Morgan fingerprint density at radius 1 is 0.962 bits per heavy atom. The second-order valence-corrected chi connectivity index (χ2v) is 9.35. The van der Waals surface area contributed by atoms with Crippen LogP contribution in [0.3, 0.4) is 0 Å². The maximum Gasteiger partial charge on any atom is 0.255 e. The van der Waals surface area contributed by atoms with Crippen LogP contribution in [-0.2, 0) is 22.9 Å². The van der Waals surface area contributed by atoms with Crippen LogP contribution in [0.1, 0.15) is 48.7 Å². The van der Waals surface area contributed by atoms with E-state index in [9.17, 15) is 13.2 Å². The zero-order valence-electron chi connectivity index (χ0n) is 15.3. The smallest absolute Gasteiger partial charge is 0.255 e. The van der Waals surface area contributed by atoms with Gasteiger partial charge in [-0.15, -0.1) is 0 Å². The molecular weight excluding hydrogens is 348 g/mol. The SMILES string of the molecule is CC(C)(C)NS(=O)(=O)c1ccc(C(=O)Nc2ccc3c(c2)CCC3)cc1. The maximum atomic E-state index is 12.4. The second kappa shape index (κ2) is 6.85. The molecule has 1 aliphatic rings. The first-order valence-corrected chi connectivity index (χ1v) is 10.2. The largest absolute Gasteiger partial charge is 0.322 e. The molecule has 2 aromatic carbocycles. The van der Waals surface area contributed by atoms with Crippen molar-refractivity contribution in [2.45, 2.75) is 50.5 Å². The molecule has 6 heteroatoms. The summed E-state index contributed by atoms with van der Waals surface area (Å²) in [6.07, 6.45) is 3.31. The van der Waals surface area contributed by atoms with Crippen molar-refractivity contribution < 1.29 is 13.2 Å². The minimum atomic E-state index is -3.61. The molecule has 138 valence electrons. The van der Waals surface area contributed by atoms with E-state index in [0.717, 1.165) is 24.9 Å². The highest BCUT2D eigenvalue weighted by molar-refractivity contribution is 7.89. The van der Waals surface area contributed by atoms with E-state index >= 15 is 0 Å². The number of fused-ring (bicyclic) bond motifs is 1. The van der Waals surface area contributed by atoms with Gasteiger partial charge in [0, 0.05) is 16.8 Å². The lowest BCUT2D eigenvalue weighted by Crippen LogP contribution is -2.40. The molecule has 0 fully saturated rings. The fourth-order valence-corrected chi connectivity index (χ4v) is 4.52. The molecule has 2 N–H and O–H groups in total. The van der Waals surface area contributed by atoms with Gasteiger partial charge in [0.1, 0.15) is 0 Å². The number of aryl methyl sites for hydroxylation is 2. The lowest BCUT2D eigenvalue weighted by atomic mass is 10.1. The third-order valence-corrected chi connectivity index (χ3v) is 6.00. The summed E-state index contributed by atoms with van der Waals surface area (Å²) in [7, 11) is -3.61. The highest BCUT2D eigenvalue weighted by Crippen LogP contribution is 2.25. The Balaban J connectivity index is 1.73. The summed E-state index contributed by atoms with van der Waals surface area (Å²) in [4.78, 5) is 12.6. The van der Waals surface area contributed by atoms with Crippen LogP contribution in [0.2, 0.25) is 0 Å². The first kappa shape index (κ1) is 18.6. The van der Waals surface area contributed by atoms with Crippen LogP contribution in [0.25, 0.3) is 0 Å². The van der Waals surface area contributed by atoms with Crippen molar-refractivity contribution in [3.63, 3.8) is 0 Å². The first-order chi connectivity index (χ1) is 12.1. The number of anilines is 1. The molecule has 5 nitrogen and oxygen atoms in total. The number of carbonyl (C=O) groups excluding carboxylic acids is 1. The Bertz CT molecular complexity index is 927. The molecule has 1 amide bonds. The van der Waals surface area contributed by atoms with Crippen molar-refractivity contribution >= 4 is 21.6 Å². The molecule has 26 heavy (non-hydrogen) atoms. The monoisotopic (exact) mass is 372 g/mol. The molecule has 0 heterocycles. The van der Waals surface area contributed by atoms with Gasteiger partial charge in [-0.1, -0.05) is 6.07 Å². The molecule has 0 radical (unpaired) electrons. The number of nitrogens with one attached hydrogen (secondary N) is 2. The van der Waals surface area contributed by atoms with Crippen molar-refractivity contribution in [2.75, 3.05) is 5.32 Å². The molecule has 0 aliphatic heterocycles. The molecule has 0 saturated carbocycles. The standard InChI is InChI=1S/C20H24N2O3S/c1-20(2,3)22-26(24,25)18-11-8-15(9-12-18)19(23)21-17-10-7-14-5-4-6-16(14)13-17/h7-13,22H,4-6H2,1-3H3,(H,21,23). The lowest BCUT2D eigenvalue weighted by Gasteiger charge is -2.20. The highest BCUT2D eigenvalue weighted by atomic mass is 32.2. The van der Waals surface area contributed by atoms with E-state index in [0.29, 0.717) is 5.56 Å². The molecule has 0 saturated heterocycles. The Morgan fingerprint density at radius 2 is 1.62 bits per heavy atom. The summed E-state index contributed by atoms with van der Waals surface area (Å²) < 4.78 is 27.2. The predicted octanol–water partition coefficient (Wildman–Crippen LogP) is 3.50. The third-order valence-electron chi connectivity index (χ3n) is 4.22. The van der Waals surface area contributed by atoms with E-state index in [1.807, 2.05) is 12.1 Å². The average Bonchev–Trinajstić information content (AvgIpc) is 3.00. The van der Waals surface area contributed by atoms with Crippen molar-refractivity contribution in [1.82, 2.24) is 4.72 Å². The Hall–Kier alpha value is -2.18. The number of rotatable bonds is 4. The zero-order valence-corrected chi connectivity index (χ0v) is 16.1. The minimum absolute atomic E-state index is 0.140. The molecule has 0 unspecified atom stereocenters. The van der Waals surface area contributed by atoms with Gasteiger partial charge >= 0.3 is 0 Å². The molecule has 0 atom stereocenters. The van der Waals surface area contributed by atoms with Crippen LogP contribution in [0.15, 0.2) is 47.4 Å². The summed E-state index contributed by atoms with van der Waals surface area (Å²) in [6, 6.07) is 11.9. The quantitative estimate of drug-likeness (QED) is 0.862. The van der Waals surface area contributed by atoms with Gasteiger partial charge in [0.15, 0.2) is 0 Å². The maximum absolute atomic E-state index is 12.4. The van der Waals surface area contributed by atoms with Crippen LogP contribution >= 0.6 is 0 Å². The van der Waals surface area contributed by atoms with Gasteiger partial charge in [-0.05, 0) is 87.6 Å². The second-order valence-electron chi connectivity index (χ2n) is 7.67. The van der Waals surface area contributed by atoms with Gasteiger partial charge in [-0.25, -0.2) is 13.1 Å². The number of hydrogen-bond acceptors (Lipinski definition) is 3. The molecular formula is C20H24N2O3S. The molecule has 0 aromatic heterocycles. The highest BCUT2D eigenvalue weighted by Gasteiger charge is 2.22. The van der Waals surface area contributed by atoms with Gasteiger partial charge in [-0.2, -0.15) is 0 Å². The minimum Gasteiger partial charge on any atom is -0.322 e. The van der Waals surface area contributed by atoms with E-state index in [4.69, 9.17) is 0 Å². The zero-order chi connectivity index (χ0) is 18.9. The van der Waals surface area contributed by atoms with Crippen molar-refractivity contribution in [2.24, 2.45) is 0 Å². The third kappa shape index (κ3) is 4.31. The molecule has 0 spiro atoms. The molecule has 1 aliphatic carbocycles. The average molecular weight is 372 g/mol. The van der Waals surface area contributed by atoms with Gasteiger partial charge in [0.2, 0.25) is 10.0 Å². The van der Waals surface area contributed by atoms with Crippen LogP contribution in [0.5, 0.6) is 0 Å². The lowest BCUT2D eigenvalue weighted by molar-refractivity contribution is 0.102. The van der Waals surface area contributed by atoms with E-state index in [1.165, 1.54) is 35.4 Å². The van der Waals surface area contributed by atoms with Gasteiger partial charge in [-0.3, -0.25) is 4.79 Å². The van der Waals surface area contributed by atoms with Gasteiger partial charge < -0.3 is 5.32 Å². The number of carbonyl (C=O) groups is 1. The van der Waals surface area contributed by atoms with Crippen LogP contribution in [0.4, 0.5) is 5.69 Å². The fourth-order valence-electron chi connectivity index (χ4n) is 3.10. The van der Waals surface area contributed by atoms with Gasteiger partial charge in [0.25, 0.3) is 5.91 Å². The van der Waals surface area contributed by atoms with Crippen molar-refractivity contribution in [3.05, 3.63) is 59.2 Å². The number of hydrogen-bond donors (Lipinski definition) is 2. The van der Waals surface area contributed by atoms with E-state index < -0.39 is 15.6 Å². The van der Waals surface area contributed by atoms with Crippen LogP contribution < -0.4 is 10.0 Å². The van der Waals surface area contributed by atoms with Gasteiger partial charge in [0.05, 0.1) is 4.90 Å². The van der Waals surface area contributed by atoms with Crippen LogP contribution in [0, 0.1) is 0 Å². The summed E-state index contributed by atoms with van der Waals surface area (Å²) in [5.74, 6) is -0.254. The fraction of sp³-hybridized carbons (Fsp3) is 0.350. The first-order valence-electron chi connectivity index (χ1n) is 8.71. The topological polar surface area (TPSA) is 75.3 Å². The summed E-state index contributed by atoms with van der Waals surface area (Å²) in [5.41, 5.74) is 3.26. The number of sulfonamides is 1.